The third kappa shape index (κ3) is 2.78. The van der Waals surface area contributed by atoms with Crippen LogP contribution < -0.4 is 10.2 Å². The van der Waals surface area contributed by atoms with Crippen molar-refractivity contribution in [3.63, 3.8) is 0 Å². The van der Waals surface area contributed by atoms with Crippen molar-refractivity contribution in [1.29, 1.82) is 0 Å². The van der Waals surface area contributed by atoms with Crippen LogP contribution in [0.1, 0.15) is 16.3 Å². The summed E-state index contributed by atoms with van der Waals surface area (Å²) in [6, 6.07) is 6.14. The number of amides is 1. The van der Waals surface area contributed by atoms with Gasteiger partial charge in [-0.1, -0.05) is 0 Å². The Labute approximate surface area is 155 Å². The Balaban J connectivity index is 1.23. The number of carbonyl (C=O) groups is 1. The van der Waals surface area contributed by atoms with Gasteiger partial charge in [-0.25, -0.2) is 9.97 Å². The van der Waals surface area contributed by atoms with Crippen molar-refractivity contribution in [2.75, 3.05) is 16.8 Å². The molecule has 1 amide bonds. The average molecular weight is 365 g/mol. The highest BCUT2D eigenvalue weighted by atomic mass is 32.1. The molecule has 0 saturated carbocycles. The first-order valence-corrected chi connectivity index (χ1v) is 9.71. The molecule has 2 aliphatic rings. The van der Waals surface area contributed by atoms with Gasteiger partial charge >= 0.3 is 0 Å². The molecule has 1 N–H and O–H groups in total. The van der Waals surface area contributed by atoms with Crippen LogP contribution in [0, 0.1) is 5.92 Å². The van der Waals surface area contributed by atoms with Gasteiger partial charge in [0.25, 0.3) is 0 Å². The molecule has 5 heterocycles. The molecule has 26 heavy (non-hydrogen) atoms. The fourth-order valence-corrected chi connectivity index (χ4v) is 4.62. The number of nitrogens with one attached hydrogen (secondary N) is 1. The van der Waals surface area contributed by atoms with Crippen LogP contribution in [0.5, 0.6) is 0 Å². The lowest BCUT2D eigenvalue weighted by molar-refractivity contribution is -0.119. The summed E-state index contributed by atoms with van der Waals surface area (Å²) >= 11 is 1.84. The molecule has 5 rings (SSSR count). The van der Waals surface area contributed by atoms with Crippen LogP contribution >= 0.6 is 11.3 Å². The lowest BCUT2D eigenvalue weighted by Gasteiger charge is -2.28. The summed E-state index contributed by atoms with van der Waals surface area (Å²) in [5, 5.41) is 5.15. The topological polar surface area (TPSA) is 63.1 Å². The summed E-state index contributed by atoms with van der Waals surface area (Å²) in [7, 11) is 0. The molecule has 0 aromatic carbocycles. The van der Waals surface area contributed by atoms with Crippen LogP contribution in [0.3, 0.4) is 0 Å². The van der Waals surface area contributed by atoms with Crippen molar-refractivity contribution in [3.8, 4) is 0 Å². The zero-order valence-corrected chi connectivity index (χ0v) is 15.1. The van der Waals surface area contributed by atoms with Gasteiger partial charge in [0.1, 0.15) is 11.6 Å². The lowest BCUT2D eigenvalue weighted by atomic mass is 10.1. The molecule has 0 spiro atoms. The van der Waals surface area contributed by atoms with Gasteiger partial charge in [-0.05, 0) is 35.6 Å². The number of thiophene rings is 1. The van der Waals surface area contributed by atoms with E-state index in [1.165, 1.54) is 10.4 Å². The summed E-state index contributed by atoms with van der Waals surface area (Å²) in [5.74, 6) is 1.92. The molecule has 0 saturated heterocycles. The minimum absolute atomic E-state index is 0.0333. The average Bonchev–Trinajstić information content (AvgIpc) is 3.37. The Morgan fingerprint density at radius 2 is 2.23 bits per heavy atom. The highest BCUT2D eigenvalue weighted by Gasteiger charge is 2.28. The molecule has 6 nitrogen and oxygen atoms in total. The molecule has 7 heteroatoms. The van der Waals surface area contributed by atoms with Crippen LogP contribution in [0.2, 0.25) is 0 Å². The van der Waals surface area contributed by atoms with Gasteiger partial charge in [-0.2, -0.15) is 0 Å². The van der Waals surface area contributed by atoms with E-state index in [-0.39, 0.29) is 11.8 Å². The van der Waals surface area contributed by atoms with E-state index in [0.717, 1.165) is 36.8 Å². The molecule has 1 atom stereocenters. The highest BCUT2D eigenvalue weighted by molar-refractivity contribution is 7.10. The molecular formula is C19H19N5OS. The molecule has 2 aliphatic heterocycles. The van der Waals surface area contributed by atoms with Gasteiger partial charge in [0.2, 0.25) is 5.91 Å². The smallest absolute Gasteiger partial charge is 0.229 e. The maximum atomic E-state index is 12.5. The second-order valence-electron chi connectivity index (χ2n) is 6.83. The quantitative estimate of drug-likeness (QED) is 0.775. The molecule has 1 unspecified atom stereocenters. The zero-order valence-electron chi connectivity index (χ0n) is 14.3. The lowest BCUT2D eigenvalue weighted by Crippen LogP contribution is -2.30. The van der Waals surface area contributed by atoms with Crippen LogP contribution in [0.25, 0.3) is 0 Å². The van der Waals surface area contributed by atoms with Gasteiger partial charge in [-0.15, -0.1) is 11.3 Å². The number of fused-ring (bicyclic) bond motifs is 2. The van der Waals surface area contributed by atoms with Crippen LogP contribution in [0.15, 0.2) is 42.2 Å². The first-order valence-electron chi connectivity index (χ1n) is 8.83. The summed E-state index contributed by atoms with van der Waals surface area (Å²) in [6.07, 6.45) is 7.23. The predicted molar refractivity (Wildman–Crippen MR) is 101 cm³/mol. The summed E-state index contributed by atoms with van der Waals surface area (Å²) < 4.78 is 2.04. The summed E-state index contributed by atoms with van der Waals surface area (Å²) in [6.45, 7) is 2.59. The second kappa shape index (κ2) is 6.25. The van der Waals surface area contributed by atoms with Crippen LogP contribution in [0.4, 0.5) is 11.5 Å². The monoisotopic (exact) mass is 365 g/mol. The van der Waals surface area contributed by atoms with E-state index >= 15 is 0 Å². The van der Waals surface area contributed by atoms with E-state index in [1.807, 2.05) is 34.2 Å². The van der Waals surface area contributed by atoms with E-state index in [4.69, 9.17) is 0 Å². The Bertz CT molecular complexity index is 925. The first kappa shape index (κ1) is 15.6. The fraction of sp³-hybridized carbons (Fsp3) is 0.316. The predicted octanol–water partition coefficient (Wildman–Crippen LogP) is 2.71. The van der Waals surface area contributed by atoms with Crippen molar-refractivity contribution < 1.29 is 4.79 Å². The standard InChI is InChI=1S/C19H19N5OS/c25-19(14-9-18-20-5-7-24(18)12-14)22-15-1-2-17(21-10-15)23-6-3-16-13(11-23)4-8-26-16/h1-2,4-5,7-8,10,14H,3,6,9,11-12H2,(H,22,25). The summed E-state index contributed by atoms with van der Waals surface area (Å²) in [5.41, 5.74) is 2.15. The van der Waals surface area contributed by atoms with Crippen LogP contribution in [-0.4, -0.2) is 27.0 Å². The second-order valence-corrected chi connectivity index (χ2v) is 7.83. The molecule has 132 valence electrons. The van der Waals surface area contributed by atoms with Gasteiger partial charge in [0.05, 0.1) is 17.8 Å². The maximum absolute atomic E-state index is 12.5. The molecule has 0 radical (unpaired) electrons. The molecule has 0 aliphatic carbocycles. The number of imidazole rings is 1. The maximum Gasteiger partial charge on any atom is 0.229 e. The normalized spacial score (nSPS) is 18.5. The minimum atomic E-state index is -0.0579. The van der Waals surface area contributed by atoms with E-state index in [2.05, 4.69) is 31.6 Å². The van der Waals surface area contributed by atoms with E-state index < -0.39 is 0 Å². The van der Waals surface area contributed by atoms with Gasteiger partial charge in [0, 0.05) is 43.3 Å². The van der Waals surface area contributed by atoms with Crippen molar-refractivity contribution in [2.24, 2.45) is 5.92 Å². The third-order valence-electron chi connectivity index (χ3n) is 5.17. The van der Waals surface area contributed by atoms with Gasteiger partial charge < -0.3 is 14.8 Å². The third-order valence-corrected chi connectivity index (χ3v) is 6.19. The van der Waals surface area contributed by atoms with E-state index in [1.54, 1.807) is 12.4 Å². The Morgan fingerprint density at radius 1 is 1.27 bits per heavy atom. The number of nitrogens with zero attached hydrogens (tertiary/aromatic N) is 4. The van der Waals surface area contributed by atoms with Gasteiger partial charge in [-0.3, -0.25) is 4.79 Å². The zero-order chi connectivity index (χ0) is 17.5. The largest absolute Gasteiger partial charge is 0.352 e. The number of rotatable bonds is 3. The van der Waals surface area contributed by atoms with E-state index in [9.17, 15) is 4.79 Å². The van der Waals surface area contributed by atoms with Crippen molar-refractivity contribution >= 4 is 28.7 Å². The van der Waals surface area contributed by atoms with E-state index in [0.29, 0.717) is 13.0 Å². The van der Waals surface area contributed by atoms with Crippen LogP contribution in [-0.2, 0) is 30.7 Å². The Morgan fingerprint density at radius 3 is 3.08 bits per heavy atom. The molecule has 3 aromatic heterocycles. The Hall–Kier alpha value is -2.67. The molecular weight excluding hydrogens is 346 g/mol. The number of hydrogen-bond donors (Lipinski definition) is 1. The first-order chi connectivity index (χ1) is 12.8. The number of carbonyl (C=O) groups excluding carboxylic acids is 1. The summed E-state index contributed by atoms with van der Waals surface area (Å²) in [4.78, 5) is 25.1. The van der Waals surface area contributed by atoms with Crippen molar-refractivity contribution in [2.45, 2.75) is 25.9 Å². The van der Waals surface area contributed by atoms with Crippen molar-refractivity contribution in [3.05, 3.63) is 58.4 Å². The minimum Gasteiger partial charge on any atom is -0.352 e. The number of pyridine rings is 1. The van der Waals surface area contributed by atoms with Crippen molar-refractivity contribution in [1.82, 2.24) is 14.5 Å². The molecule has 0 bridgehead atoms. The number of anilines is 2. The number of hydrogen-bond acceptors (Lipinski definition) is 5. The van der Waals surface area contributed by atoms with Gasteiger partial charge in [0.15, 0.2) is 0 Å². The fourth-order valence-electron chi connectivity index (χ4n) is 3.73. The highest BCUT2D eigenvalue weighted by Crippen LogP contribution is 2.27. The Kier molecular flexibility index (Phi) is 3.74. The number of aromatic nitrogens is 3. The SMILES string of the molecule is O=C(Nc1ccc(N2CCc3sccc3C2)nc1)C1Cc2nccn2C1. The molecule has 0 fully saturated rings. The molecule has 3 aromatic rings.